The molecule has 1 aliphatic rings. The van der Waals surface area contributed by atoms with Crippen molar-refractivity contribution in [3.05, 3.63) is 23.0 Å². The molecule has 0 saturated heterocycles. The SMILES string of the molecule is O=Cc1cc2c([nH]1)CCCC2. The Kier molecular flexibility index (Phi) is 1.53. The molecule has 2 nitrogen and oxygen atoms in total. The lowest BCUT2D eigenvalue weighted by Crippen LogP contribution is -1.99. The Morgan fingerprint density at radius 1 is 1.36 bits per heavy atom. The van der Waals surface area contributed by atoms with E-state index in [1.165, 1.54) is 24.1 Å². The van der Waals surface area contributed by atoms with Gasteiger partial charge < -0.3 is 4.98 Å². The molecule has 0 bridgehead atoms. The fourth-order valence-electron chi connectivity index (χ4n) is 1.69. The number of hydrogen-bond donors (Lipinski definition) is 1. The Bertz CT molecular complexity index is 252. The quantitative estimate of drug-likeness (QED) is 0.606. The van der Waals surface area contributed by atoms with Crippen molar-refractivity contribution in [2.45, 2.75) is 25.7 Å². The lowest BCUT2D eigenvalue weighted by molar-refractivity contribution is 0.111. The zero-order valence-electron chi connectivity index (χ0n) is 6.39. The summed E-state index contributed by atoms with van der Waals surface area (Å²) in [6, 6.07) is 1.97. The number of hydrogen-bond acceptors (Lipinski definition) is 1. The minimum Gasteiger partial charge on any atom is -0.356 e. The molecular formula is C9H11NO. The van der Waals surface area contributed by atoms with Crippen molar-refractivity contribution in [2.24, 2.45) is 0 Å². The Labute approximate surface area is 65.6 Å². The van der Waals surface area contributed by atoms with E-state index in [9.17, 15) is 4.79 Å². The van der Waals surface area contributed by atoms with Gasteiger partial charge in [-0.1, -0.05) is 0 Å². The molecule has 2 heteroatoms. The van der Waals surface area contributed by atoms with E-state index >= 15 is 0 Å². The van der Waals surface area contributed by atoms with E-state index in [2.05, 4.69) is 4.98 Å². The summed E-state index contributed by atoms with van der Waals surface area (Å²) in [4.78, 5) is 13.5. The Hall–Kier alpha value is -1.05. The zero-order valence-corrected chi connectivity index (χ0v) is 6.39. The summed E-state index contributed by atoms with van der Waals surface area (Å²) in [5.41, 5.74) is 3.36. The molecule has 0 spiro atoms. The monoisotopic (exact) mass is 149 g/mol. The number of fused-ring (bicyclic) bond motifs is 1. The minimum absolute atomic E-state index is 0.733. The van der Waals surface area contributed by atoms with Gasteiger partial charge in [0.2, 0.25) is 0 Å². The zero-order chi connectivity index (χ0) is 7.68. The number of carbonyl (C=O) groups excluding carboxylic acids is 1. The molecule has 0 amide bonds. The molecule has 0 fully saturated rings. The molecule has 0 radical (unpaired) electrons. The van der Waals surface area contributed by atoms with E-state index in [1.54, 1.807) is 0 Å². The normalized spacial score (nSPS) is 16.0. The van der Waals surface area contributed by atoms with Crippen molar-refractivity contribution >= 4 is 6.29 Å². The van der Waals surface area contributed by atoms with Crippen LogP contribution in [0.3, 0.4) is 0 Å². The summed E-state index contributed by atoms with van der Waals surface area (Å²) in [6.07, 6.45) is 5.66. The van der Waals surface area contributed by atoms with E-state index in [4.69, 9.17) is 0 Å². The minimum atomic E-state index is 0.733. The molecule has 1 aliphatic carbocycles. The fraction of sp³-hybridized carbons (Fsp3) is 0.444. The first-order chi connectivity index (χ1) is 5.40. The highest BCUT2D eigenvalue weighted by Gasteiger charge is 2.11. The highest BCUT2D eigenvalue weighted by molar-refractivity contribution is 5.72. The van der Waals surface area contributed by atoms with Gasteiger partial charge in [-0.25, -0.2) is 0 Å². The number of aromatic amines is 1. The van der Waals surface area contributed by atoms with Crippen LogP contribution in [0.2, 0.25) is 0 Å². The van der Waals surface area contributed by atoms with Gasteiger partial charge in [0.15, 0.2) is 6.29 Å². The van der Waals surface area contributed by atoms with E-state index in [-0.39, 0.29) is 0 Å². The average Bonchev–Trinajstić information content (AvgIpc) is 2.46. The van der Waals surface area contributed by atoms with Gasteiger partial charge in [-0.2, -0.15) is 0 Å². The van der Waals surface area contributed by atoms with Gasteiger partial charge in [0.05, 0.1) is 5.69 Å². The predicted octanol–water partition coefficient (Wildman–Crippen LogP) is 1.71. The molecule has 1 N–H and O–H groups in total. The Morgan fingerprint density at radius 3 is 2.91 bits per heavy atom. The van der Waals surface area contributed by atoms with Crippen molar-refractivity contribution < 1.29 is 4.79 Å². The van der Waals surface area contributed by atoms with Crippen LogP contribution >= 0.6 is 0 Å². The number of nitrogens with one attached hydrogen (secondary N) is 1. The maximum absolute atomic E-state index is 10.4. The van der Waals surface area contributed by atoms with Gasteiger partial charge in [0, 0.05) is 5.69 Å². The van der Waals surface area contributed by atoms with Gasteiger partial charge >= 0.3 is 0 Å². The smallest absolute Gasteiger partial charge is 0.166 e. The van der Waals surface area contributed by atoms with Crippen LogP contribution in [0.5, 0.6) is 0 Å². The topological polar surface area (TPSA) is 32.9 Å². The third-order valence-electron chi connectivity index (χ3n) is 2.26. The number of H-pyrrole nitrogens is 1. The summed E-state index contributed by atoms with van der Waals surface area (Å²) in [7, 11) is 0. The predicted molar refractivity (Wildman–Crippen MR) is 42.8 cm³/mol. The summed E-state index contributed by atoms with van der Waals surface area (Å²) in [5.74, 6) is 0. The van der Waals surface area contributed by atoms with Crippen molar-refractivity contribution in [1.82, 2.24) is 4.98 Å². The van der Waals surface area contributed by atoms with Crippen LogP contribution in [-0.4, -0.2) is 11.3 Å². The third-order valence-corrected chi connectivity index (χ3v) is 2.26. The summed E-state index contributed by atoms with van der Waals surface area (Å²) >= 11 is 0. The molecule has 11 heavy (non-hydrogen) atoms. The molecule has 2 rings (SSSR count). The summed E-state index contributed by atoms with van der Waals surface area (Å²) in [5, 5.41) is 0. The molecule has 0 aliphatic heterocycles. The molecular weight excluding hydrogens is 138 g/mol. The number of aldehydes is 1. The van der Waals surface area contributed by atoms with E-state index in [0.29, 0.717) is 0 Å². The van der Waals surface area contributed by atoms with Crippen molar-refractivity contribution in [2.75, 3.05) is 0 Å². The van der Waals surface area contributed by atoms with Crippen LogP contribution < -0.4 is 0 Å². The second kappa shape index (κ2) is 2.53. The van der Waals surface area contributed by atoms with Crippen LogP contribution in [0, 0.1) is 0 Å². The average molecular weight is 149 g/mol. The van der Waals surface area contributed by atoms with Crippen molar-refractivity contribution in [3.63, 3.8) is 0 Å². The van der Waals surface area contributed by atoms with Gasteiger partial charge in [-0.05, 0) is 37.3 Å². The maximum Gasteiger partial charge on any atom is 0.166 e. The highest BCUT2D eigenvalue weighted by Crippen LogP contribution is 2.20. The number of rotatable bonds is 1. The first-order valence-electron chi connectivity index (χ1n) is 4.06. The van der Waals surface area contributed by atoms with Crippen LogP contribution in [0.1, 0.15) is 34.6 Å². The number of aryl methyl sites for hydroxylation is 2. The molecule has 0 atom stereocenters. The van der Waals surface area contributed by atoms with Crippen LogP contribution in [0.15, 0.2) is 6.07 Å². The highest BCUT2D eigenvalue weighted by atomic mass is 16.1. The van der Waals surface area contributed by atoms with Crippen LogP contribution in [-0.2, 0) is 12.8 Å². The van der Waals surface area contributed by atoms with E-state index < -0.39 is 0 Å². The standard InChI is InChI=1S/C9H11NO/c11-6-8-5-7-3-1-2-4-9(7)10-8/h5-6,10H,1-4H2. The van der Waals surface area contributed by atoms with E-state index in [0.717, 1.165) is 24.8 Å². The fourth-order valence-corrected chi connectivity index (χ4v) is 1.69. The molecule has 58 valence electrons. The van der Waals surface area contributed by atoms with Gasteiger partial charge in [-0.3, -0.25) is 4.79 Å². The van der Waals surface area contributed by atoms with Gasteiger partial charge in [-0.15, -0.1) is 0 Å². The molecule has 1 heterocycles. The first-order valence-corrected chi connectivity index (χ1v) is 4.06. The van der Waals surface area contributed by atoms with Crippen LogP contribution in [0.4, 0.5) is 0 Å². The maximum atomic E-state index is 10.4. The second-order valence-corrected chi connectivity index (χ2v) is 3.05. The molecule has 1 aromatic heterocycles. The van der Waals surface area contributed by atoms with Crippen LogP contribution in [0.25, 0.3) is 0 Å². The summed E-state index contributed by atoms with van der Waals surface area (Å²) < 4.78 is 0. The van der Waals surface area contributed by atoms with Gasteiger partial charge in [0.25, 0.3) is 0 Å². The third kappa shape index (κ3) is 1.09. The number of aromatic nitrogens is 1. The first kappa shape index (κ1) is 6.65. The van der Waals surface area contributed by atoms with Crippen molar-refractivity contribution in [3.8, 4) is 0 Å². The molecule has 0 aromatic carbocycles. The molecule has 0 unspecified atom stereocenters. The van der Waals surface area contributed by atoms with Crippen molar-refractivity contribution in [1.29, 1.82) is 0 Å². The summed E-state index contributed by atoms with van der Waals surface area (Å²) in [6.45, 7) is 0. The Balaban J connectivity index is 2.39. The molecule has 0 saturated carbocycles. The number of carbonyl (C=O) groups is 1. The lowest BCUT2D eigenvalue weighted by Gasteiger charge is -2.08. The second-order valence-electron chi connectivity index (χ2n) is 3.05. The van der Waals surface area contributed by atoms with Gasteiger partial charge in [0.1, 0.15) is 0 Å². The Morgan fingerprint density at radius 2 is 2.18 bits per heavy atom. The van der Waals surface area contributed by atoms with E-state index in [1.807, 2.05) is 6.07 Å². The lowest BCUT2D eigenvalue weighted by atomic mass is 9.98. The largest absolute Gasteiger partial charge is 0.356 e. The molecule has 1 aromatic rings.